The van der Waals surface area contributed by atoms with Gasteiger partial charge >= 0.3 is 0 Å². The number of nitrogens with one attached hydrogen (secondary N) is 1. The molecule has 2 aliphatic heterocycles. The van der Waals surface area contributed by atoms with Crippen LogP contribution in [0.2, 0.25) is 0 Å². The Labute approximate surface area is 215 Å². The molecule has 1 spiro atoms. The lowest BCUT2D eigenvalue weighted by Crippen LogP contribution is -2.50. The van der Waals surface area contributed by atoms with E-state index >= 15 is 0 Å². The Morgan fingerprint density at radius 2 is 1.78 bits per heavy atom. The van der Waals surface area contributed by atoms with Crippen molar-refractivity contribution in [3.63, 3.8) is 0 Å². The number of para-hydroxylation sites is 1. The molecule has 2 aliphatic rings. The van der Waals surface area contributed by atoms with Gasteiger partial charge in [-0.05, 0) is 37.4 Å². The number of hydrogen-bond acceptors (Lipinski definition) is 8. The van der Waals surface area contributed by atoms with Crippen LogP contribution >= 0.6 is 0 Å². The van der Waals surface area contributed by atoms with Crippen LogP contribution in [0.25, 0.3) is 16.8 Å². The largest absolute Gasteiger partial charge is 0.496 e. The van der Waals surface area contributed by atoms with Gasteiger partial charge in [-0.25, -0.2) is 9.50 Å². The molecule has 2 aromatic carbocycles. The first kappa shape index (κ1) is 23.3. The van der Waals surface area contributed by atoms with Crippen LogP contribution in [-0.4, -0.2) is 65.2 Å². The molecule has 9 nitrogen and oxygen atoms in total. The van der Waals surface area contributed by atoms with Gasteiger partial charge in [0.25, 0.3) is 0 Å². The average Bonchev–Trinajstić information content (AvgIpc) is 3.33. The first-order valence-electron chi connectivity index (χ1n) is 12.4. The predicted molar refractivity (Wildman–Crippen MR) is 140 cm³/mol. The average molecular weight is 500 g/mol. The molecule has 0 atom stereocenters. The summed E-state index contributed by atoms with van der Waals surface area (Å²) in [5.41, 5.74) is 3.35. The quantitative estimate of drug-likeness (QED) is 0.427. The number of methoxy groups -OCH3 is 2. The number of anilines is 2. The SMILES string of the molecule is COc1cc2c(cc1Nc1ncc3ccc(-c4ccccc4OC)n3n1)C(=O)CC1(CCN(C)CC1)O2. The Balaban J connectivity index is 1.34. The lowest BCUT2D eigenvalue weighted by Gasteiger charge is -2.43. The summed E-state index contributed by atoms with van der Waals surface area (Å²) < 4.78 is 19.5. The first-order chi connectivity index (χ1) is 18.0. The summed E-state index contributed by atoms with van der Waals surface area (Å²) in [6, 6.07) is 15.3. The van der Waals surface area contributed by atoms with Gasteiger partial charge in [0, 0.05) is 37.6 Å². The molecular weight excluding hydrogens is 470 g/mol. The van der Waals surface area contributed by atoms with Crippen molar-refractivity contribution < 1.29 is 19.0 Å². The van der Waals surface area contributed by atoms with Gasteiger partial charge in [0.05, 0.1) is 49.3 Å². The van der Waals surface area contributed by atoms with Crippen molar-refractivity contribution in [3.8, 4) is 28.5 Å². The highest BCUT2D eigenvalue weighted by atomic mass is 16.5. The number of Topliss-reactive ketones (excluding diaryl/α,β-unsaturated/α-hetero) is 1. The molecule has 0 unspecified atom stereocenters. The maximum Gasteiger partial charge on any atom is 0.245 e. The number of ether oxygens (including phenoxy) is 3. The molecule has 1 fully saturated rings. The van der Waals surface area contributed by atoms with Crippen LogP contribution in [-0.2, 0) is 0 Å². The Morgan fingerprint density at radius 1 is 1.00 bits per heavy atom. The van der Waals surface area contributed by atoms with Crippen molar-refractivity contribution in [3.05, 3.63) is 60.3 Å². The zero-order valence-electron chi connectivity index (χ0n) is 21.2. The molecule has 2 aromatic heterocycles. The second kappa shape index (κ2) is 9.08. The minimum absolute atomic E-state index is 0.0803. The molecule has 190 valence electrons. The summed E-state index contributed by atoms with van der Waals surface area (Å²) >= 11 is 0. The van der Waals surface area contributed by atoms with Crippen LogP contribution in [0.3, 0.4) is 0 Å². The lowest BCUT2D eigenvalue weighted by atomic mass is 9.82. The van der Waals surface area contributed by atoms with E-state index in [2.05, 4.69) is 22.2 Å². The standard InChI is InChI=1S/C28H29N5O4/c1-32-12-10-28(11-13-32)16-23(34)20-14-21(26(36-3)15-25(20)37-28)30-27-29-17-18-8-9-22(33(18)31-27)19-6-4-5-7-24(19)35-2/h4-9,14-15,17H,10-13,16H2,1-3H3,(H,30,31). The first-order valence-corrected chi connectivity index (χ1v) is 12.4. The van der Waals surface area contributed by atoms with E-state index < -0.39 is 5.60 Å². The summed E-state index contributed by atoms with van der Waals surface area (Å²) in [5, 5.41) is 7.97. The van der Waals surface area contributed by atoms with E-state index in [-0.39, 0.29) is 5.78 Å². The van der Waals surface area contributed by atoms with E-state index in [0.29, 0.717) is 35.1 Å². The highest BCUT2D eigenvalue weighted by Gasteiger charge is 2.42. The third kappa shape index (κ3) is 4.15. The number of piperidine rings is 1. The van der Waals surface area contributed by atoms with Crippen molar-refractivity contribution in [1.82, 2.24) is 19.5 Å². The number of likely N-dealkylation sites (tertiary alicyclic amines) is 1. The lowest BCUT2D eigenvalue weighted by molar-refractivity contribution is -0.00378. The second-order valence-corrected chi connectivity index (χ2v) is 9.70. The Hall–Kier alpha value is -4.11. The van der Waals surface area contributed by atoms with E-state index in [1.807, 2.05) is 40.9 Å². The zero-order chi connectivity index (χ0) is 25.6. The minimum Gasteiger partial charge on any atom is -0.496 e. The van der Waals surface area contributed by atoms with E-state index in [9.17, 15) is 4.79 Å². The van der Waals surface area contributed by atoms with Gasteiger partial charge in [0.1, 0.15) is 22.8 Å². The molecule has 0 amide bonds. The van der Waals surface area contributed by atoms with Gasteiger partial charge in [-0.15, -0.1) is 5.10 Å². The monoisotopic (exact) mass is 499 g/mol. The molecule has 0 saturated carbocycles. The number of ketones is 1. The Bertz CT molecular complexity index is 1490. The van der Waals surface area contributed by atoms with Gasteiger partial charge in [-0.3, -0.25) is 4.79 Å². The molecule has 1 saturated heterocycles. The fraction of sp³-hybridized carbons (Fsp3) is 0.321. The molecule has 0 bridgehead atoms. The molecule has 6 rings (SSSR count). The summed E-state index contributed by atoms with van der Waals surface area (Å²) in [4.78, 5) is 20.0. The number of rotatable bonds is 5. The molecule has 1 N–H and O–H groups in total. The number of hydrogen-bond donors (Lipinski definition) is 1. The number of nitrogens with zero attached hydrogens (tertiary/aromatic N) is 4. The highest BCUT2D eigenvalue weighted by molar-refractivity contribution is 6.02. The van der Waals surface area contributed by atoms with Gasteiger partial charge < -0.3 is 24.4 Å². The van der Waals surface area contributed by atoms with Gasteiger partial charge in [-0.2, -0.15) is 0 Å². The third-order valence-electron chi connectivity index (χ3n) is 7.34. The van der Waals surface area contributed by atoms with Crippen LogP contribution in [0, 0.1) is 0 Å². The van der Waals surface area contributed by atoms with Crippen LogP contribution in [0.1, 0.15) is 29.6 Å². The van der Waals surface area contributed by atoms with Crippen molar-refractivity contribution in [1.29, 1.82) is 0 Å². The fourth-order valence-electron chi connectivity index (χ4n) is 5.23. The van der Waals surface area contributed by atoms with Crippen LogP contribution in [0.15, 0.2) is 54.7 Å². The van der Waals surface area contributed by atoms with E-state index in [4.69, 9.17) is 19.3 Å². The van der Waals surface area contributed by atoms with Gasteiger partial charge in [-0.1, -0.05) is 12.1 Å². The van der Waals surface area contributed by atoms with Crippen LogP contribution < -0.4 is 19.5 Å². The van der Waals surface area contributed by atoms with E-state index in [1.165, 1.54) is 0 Å². The van der Waals surface area contributed by atoms with E-state index in [0.717, 1.165) is 48.5 Å². The van der Waals surface area contributed by atoms with Crippen molar-refractivity contribution in [2.45, 2.75) is 24.9 Å². The normalized spacial score (nSPS) is 16.9. The smallest absolute Gasteiger partial charge is 0.245 e. The Morgan fingerprint density at radius 3 is 2.57 bits per heavy atom. The number of fused-ring (bicyclic) bond motifs is 2. The Kier molecular flexibility index (Phi) is 5.72. The topological polar surface area (TPSA) is 90.2 Å². The summed E-state index contributed by atoms with van der Waals surface area (Å²) in [6.45, 7) is 1.82. The molecule has 4 aromatic rings. The summed E-state index contributed by atoms with van der Waals surface area (Å²) in [6.07, 6.45) is 3.79. The molecule has 9 heteroatoms. The van der Waals surface area contributed by atoms with Crippen LogP contribution in [0.4, 0.5) is 11.6 Å². The number of aromatic nitrogens is 3. The molecule has 0 radical (unpaired) electrons. The fourth-order valence-corrected chi connectivity index (χ4v) is 5.23. The second-order valence-electron chi connectivity index (χ2n) is 9.70. The van der Waals surface area contributed by atoms with Gasteiger partial charge in [0.15, 0.2) is 5.78 Å². The molecular formula is C28H29N5O4. The molecule has 0 aliphatic carbocycles. The van der Waals surface area contributed by atoms with Gasteiger partial charge in [0.2, 0.25) is 5.95 Å². The number of carbonyl (C=O) groups is 1. The molecule has 37 heavy (non-hydrogen) atoms. The van der Waals surface area contributed by atoms with Crippen molar-refractivity contribution >= 4 is 22.9 Å². The predicted octanol–water partition coefficient (Wildman–Crippen LogP) is 4.59. The van der Waals surface area contributed by atoms with Crippen molar-refractivity contribution in [2.75, 3.05) is 39.7 Å². The van der Waals surface area contributed by atoms with E-state index in [1.54, 1.807) is 32.5 Å². The summed E-state index contributed by atoms with van der Waals surface area (Å²) in [5.74, 6) is 2.33. The highest BCUT2D eigenvalue weighted by Crippen LogP contribution is 2.43. The summed E-state index contributed by atoms with van der Waals surface area (Å²) in [7, 11) is 5.34. The van der Waals surface area contributed by atoms with Crippen LogP contribution in [0.5, 0.6) is 17.2 Å². The molecule has 4 heterocycles. The maximum atomic E-state index is 13.2. The maximum absolute atomic E-state index is 13.2. The zero-order valence-corrected chi connectivity index (χ0v) is 21.2. The number of benzene rings is 2. The number of carbonyl (C=O) groups excluding carboxylic acids is 1. The van der Waals surface area contributed by atoms with Crippen molar-refractivity contribution in [2.24, 2.45) is 0 Å². The third-order valence-corrected chi connectivity index (χ3v) is 7.34. The minimum atomic E-state index is -0.436.